The summed E-state index contributed by atoms with van der Waals surface area (Å²) in [6.07, 6.45) is 2.51. The Kier molecular flexibility index (Phi) is 4.31. The summed E-state index contributed by atoms with van der Waals surface area (Å²) in [7, 11) is 0. The highest BCUT2D eigenvalue weighted by Crippen LogP contribution is 2.35. The van der Waals surface area contributed by atoms with Gasteiger partial charge in [0, 0.05) is 4.47 Å². The molecule has 1 fully saturated rings. The molecule has 2 atom stereocenters. The van der Waals surface area contributed by atoms with Crippen molar-refractivity contribution in [2.75, 3.05) is 0 Å². The molecular formula is C15H19BrO3. The van der Waals surface area contributed by atoms with Gasteiger partial charge in [-0.25, -0.2) is 0 Å². The van der Waals surface area contributed by atoms with Crippen molar-refractivity contribution in [3.8, 4) is 0 Å². The highest BCUT2D eigenvalue weighted by Gasteiger charge is 2.34. The average molecular weight is 327 g/mol. The molecule has 1 aliphatic rings. The molecule has 1 saturated heterocycles. The van der Waals surface area contributed by atoms with Crippen LogP contribution in [0, 0.1) is 0 Å². The molecule has 0 bridgehead atoms. The summed E-state index contributed by atoms with van der Waals surface area (Å²) in [5.41, 5.74) is 0.719. The van der Waals surface area contributed by atoms with Crippen molar-refractivity contribution in [3.63, 3.8) is 0 Å². The predicted octanol–water partition coefficient (Wildman–Crippen LogP) is 3.97. The topological polar surface area (TPSA) is 46.5 Å². The van der Waals surface area contributed by atoms with Crippen LogP contribution in [0.3, 0.4) is 0 Å². The normalized spacial score (nSPS) is 23.2. The third-order valence-corrected chi connectivity index (χ3v) is 4.15. The van der Waals surface area contributed by atoms with Crippen LogP contribution in [-0.2, 0) is 9.53 Å². The quantitative estimate of drug-likeness (QED) is 0.910. The van der Waals surface area contributed by atoms with Gasteiger partial charge < -0.3 is 9.84 Å². The van der Waals surface area contributed by atoms with Gasteiger partial charge in [-0.05, 0) is 50.8 Å². The molecule has 0 aromatic heterocycles. The Morgan fingerprint density at radius 1 is 1.47 bits per heavy atom. The van der Waals surface area contributed by atoms with E-state index in [2.05, 4.69) is 29.8 Å². The highest BCUT2D eigenvalue weighted by atomic mass is 79.9. The van der Waals surface area contributed by atoms with Gasteiger partial charge in [0.25, 0.3) is 0 Å². The first-order valence-corrected chi connectivity index (χ1v) is 7.33. The first kappa shape index (κ1) is 14.5. The second-order valence-electron chi connectivity index (χ2n) is 5.72. The van der Waals surface area contributed by atoms with E-state index < -0.39 is 11.9 Å². The molecule has 1 heterocycles. The molecule has 1 aliphatic heterocycles. The zero-order chi connectivity index (χ0) is 14.0. The maximum absolute atomic E-state index is 11.5. The molecular weight excluding hydrogens is 308 g/mol. The molecule has 1 aromatic carbocycles. The molecule has 0 saturated carbocycles. The summed E-state index contributed by atoms with van der Waals surface area (Å²) in [6, 6.07) is 7.49. The Balaban J connectivity index is 2.09. The monoisotopic (exact) mass is 326 g/mol. The van der Waals surface area contributed by atoms with Crippen LogP contribution in [0.2, 0.25) is 0 Å². The second kappa shape index (κ2) is 5.63. The predicted molar refractivity (Wildman–Crippen MR) is 77.3 cm³/mol. The summed E-state index contributed by atoms with van der Waals surface area (Å²) in [5, 5.41) is 9.42. The Morgan fingerprint density at radius 3 is 2.58 bits per heavy atom. The van der Waals surface area contributed by atoms with Gasteiger partial charge in [-0.3, -0.25) is 4.79 Å². The third kappa shape index (κ3) is 3.80. The maximum atomic E-state index is 11.5. The fraction of sp³-hybridized carbons (Fsp3) is 0.533. The zero-order valence-electron chi connectivity index (χ0n) is 11.2. The van der Waals surface area contributed by atoms with Crippen LogP contribution in [0.5, 0.6) is 0 Å². The van der Waals surface area contributed by atoms with E-state index in [4.69, 9.17) is 4.74 Å². The number of ether oxygens (including phenoxy) is 1. The molecule has 4 heteroatoms. The summed E-state index contributed by atoms with van der Waals surface area (Å²) in [5.74, 6) is -1.28. The highest BCUT2D eigenvalue weighted by molar-refractivity contribution is 9.10. The van der Waals surface area contributed by atoms with Gasteiger partial charge in [-0.2, -0.15) is 0 Å². The van der Waals surface area contributed by atoms with Crippen molar-refractivity contribution in [1.29, 1.82) is 0 Å². The van der Waals surface area contributed by atoms with Crippen LogP contribution >= 0.6 is 15.9 Å². The molecule has 1 aromatic rings. The zero-order valence-corrected chi connectivity index (χ0v) is 12.8. The van der Waals surface area contributed by atoms with Crippen LogP contribution in [0.15, 0.2) is 28.7 Å². The van der Waals surface area contributed by atoms with Crippen molar-refractivity contribution in [2.45, 2.75) is 50.7 Å². The van der Waals surface area contributed by atoms with E-state index in [1.54, 1.807) is 0 Å². The first-order chi connectivity index (χ1) is 8.87. The fourth-order valence-electron chi connectivity index (χ4n) is 2.58. The van der Waals surface area contributed by atoms with Crippen molar-refractivity contribution >= 4 is 21.9 Å². The molecule has 3 nitrogen and oxygen atoms in total. The van der Waals surface area contributed by atoms with E-state index in [1.165, 1.54) is 0 Å². The number of carboxylic acids is 1. The van der Waals surface area contributed by atoms with E-state index in [0.29, 0.717) is 6.42 Å². The summed E-state index contributed by atoms with van der Waals surface area (Å²) in [4.78, 5) is 11.5. The Bertz CT molecular complexity index is 453. The van der Waals surface area contributed by atoms with E-state index >= 15 is 0 Å². The van der Waals surface area contributed by atoms with E-state index in [0.717, 1.165) is 22.9 Å². The van der Waals surface area contributed by atoms with Crippen LogP contribution < -0.4 is 0 Å². The van der Waals surface area contributed by atoms with Crippen LogP contribution in [0.4, 0.5) is 0 Å². The molecule has 0 radical (unpaired) electrons. The van der Waals surface area contributed by atoms with Gasteiger partial charge in [-0.1, -0.05) is 28.1 Å². The number of hydrogen-bond donors (Lipinski definition) is 1. The second-order valence-corrected chi connectivity index (χ2v) is 6.63. The minimum atomic E-state index is -0.782. The smallest absolute Gasteiger partial charge is 0.311 e. The van der Waals surface area contributed by atoms with E-state index in [-0.39, 0.29) is 11.7 Å². The minimum absolute atomic E-state index is 0.0414. The molecule has 19 heavy (non-hydrogen) atoms. The Labute approximate surface area is 122 Å². The molecule has 1 N–H and O–H groups in total. The Hall–Kier alpha value is -0.870. The SMILES string of the molecule is CC1(C)CCC(CC(C(=O)O)c2ccc(Br)cc2)O1. The summed E-state index contributed by atoms with van der Waals surface area (Å²) >= 11 is 3.36. The third-order valence-electron chi connectivity index (χ3n) is 3.62. The lowest BCUT2D eigenvalue weighted by Crippen LogP contribution is -2.23. The van der Waals surface area contributed by atoms with Crippen LogP contribution in [0.1, 0.15) is 44.6 Å². The number of carbonyl (C=O) groups is 1. The minimum Gasteiger partial charge on any atom is -0.481 e. The van der Waals surface area contributed by atoms with Crippen molar-refractivity contribution in [3.05, 3.63) is 34.3 Å². The van der Waals surface area contributed by atoms with Crippen molar-refractivity contribution < 1.29 is 14.6 Å². The van der Waals surface area contributed by atoms with Gasteiger partial charge in [0.05, 0.1) is 17.6 Å². The lowest BCUT2D eigenvalue weighted by Gasteiger charge is -2.21. The largest absolute Gasteiger partial charge is 0.481 e. The van der Waals surface area contributed by atoms with Crippen molar-refractivity contribution in [2.24, 2.45) is 0 Å². The molecule has 2 unspecified atom stereocenters. The maximum Gasteiger partial charge on any atom is 0.311 e. The van der Waals surface area contributed by atoms with E-state index in [1.807, 2.05) is 24.3 Å². The van der Waals surface area contributed by atoms with Gasteiger partial charge in [0.15, 0.2) is 0 Å². The number of benzene rings is 1. The number of rotatable bonds is 4. The molecule has 2 rings (SSSR count). The van der Waals surface area contributed by atoms with Crippen LogP contribution in [0.25, 0.3) is 0 Å². The Morgan fingerprint density at radius 2 is 2.11 bits per heavy atom. The molecule has 0 amide bonds. The first-order valence-electron chi connectivity index (χ1n) is 6.53. The number of hydrogen-bond acceptors (Lipinski definition) is 2. The molecule has 104 valence electrons. The average Bonchev–Trinajstić information content (AvgIpc) is 2.67. The van der Waals surface area contributed by atoms with Crippen molar-refractivity contribution in [1.82, 2.24) is 0 Å². The molecule has 0 spiro atoms. The lowest BCUT2D eigenvalue weighted by atomic mass is 9.92. The number of aliphatic carboxylic acids is 1. The number of halogens is 1. The van der Waals surface area contributed by atoms with Gasteiger partial charge in [0.1, 0.15) is 0 Å². The standard InChI is InChI=1S/C15H19BrO3/c1-15(2)8-7-12(19-15)9-13(14(17)18)10-3-5-11(16)6-4-10/h3-6,12-13H,7-9H2,1-2H3,(H,17,18). The van der Waals surface area contributed by atoms with Gasteiger partial charge >= 0.3 is 5.97 Å². The summed E-state index contributed by atoms with van der Waals surface area (Å²) in [6.45, 7) is 4.12. The van der Waals surface area contributed by atoms with Gasteiger partial charge in [-0.15, -0.1) is 0 Å². The van der Waals surface area contributed by atoms with E-state index in [9.17, 15) is 9.90 Å². The fourth-order valence-corrected chi connectivity index (χ4v) is 2.85. The number of carboxylic acid groups (broad SMARTS) is 1. The van der Waals surface area contributed by atoms with Gasteiger partial charge in [0.2, 0.25) is 0 Å². The molecule has 0 aliphatic carbocycles. The lowest BCUT2D eigenvalue weighted by molar-refractivity contribution is -0.140. The summed E-state index contributed by atoms with van der Waals surface area (Å²) < 4.78 is 6.86. The van der Waals surface area contributed by atoms with Crippen LogP contribution in [-0.4, -0.2) is 22.8 Å².